The number of aliphatic hydroxyl groups is 1. The number of para-hydroxylation sites is 1. The minimum atomic E-state index is -0.293. The van der Waals surface area contributed by atoms with Gasteiger partial charge in [-0.2, -0.15) is 0 Å². The van der Waals surface area contributed by atoms with Crippen LogP contribution in [-0.2, 0) is 17.0 Å². The van der Waals surface area contributed by atoms with Crippen molar-refractivity contribution in [1.82, 2.24) is 9.80 Å². The largest absolute Gasteiger partial charge is 0.448 e. The molecule has 0 saturated carbocycles. The summed E-state index contributed by atoms with van der Waals surface area (Å²) < 4.78 is 5.71. The summed E-state index contributed by atoms with van der Waals surface area (Å²) in [7, 11) is 0. The van der Waals surface area contributed by atoms with Crippen LogP contribution in [-0.4, -0.2) is 73.5 Å². The Labute approximate surface area is 182 Å². The molecule has 1 fully saturated rings. The molecule has 0 radical (unpaired) electrons. The highest BCUT2D eigenvalue weighted by atomic mass is 32.2. The molecule has 0 atom stereocenters. The van der Waals surface area contributed by atoms with Crippen molar-refractivity contribution < 1.29 is 14.6 Å². The minimum Gasteiger partial charge on any atom is -0.448 e. The second-order valence-corrected chi connectivity index (χ2v) is 8.65. The van der Waals surface area contributed by atoms with Gasteiger partial charge in [0.05, 0.1) is 18.8 Å². The van der Waals surface area contributed by atoms with Gasteiger partial charge in [-0.05, 0) is 23.3 Å². The number of piperazine rings is 1. The first-order valence-electron chi connectivity index (χ1n) is 10.5. The Bertz CT molecular complexity index is 855. The lowest BCUT2D eigenvalue weighted by atomic mass is 10.1. The van der Waals surface area contributed by atoms with Crippen LogP contribution in [0, 0.1) is 0 Å². The van der Waals surface area contributed by atoms with Crippen LogP contribution in [0.1, 0.15) is 11.1 Å². The molecule has 0 aliphatic carbocycles. The molecule has 1 amide bonds. The molecule has 0 spiro atoms. The number of hydrogen-bond donors (Lipinski definition) is 1. The van der Waals surface area contributed by atoms with E-state index in [1.54, 1.807) is 16.7 Å². The van der Waals surface area contributed by atoms with Crippen LogP contribution in [0.5, 0.6) is 0 Å². The lowest BCUT2D eigenvalue weighted by molar-refractivity contribution is 0.0887. The third kappa shape index (κ3) is 5.16. The van der Waals surface area contributed by atoms with E-state index in [0.717, 1.165) is 61.2 Å². The number of nitrogens with zero attached hydrogens (tertiary/aromatic N) is 3. The van der Waals surface area contributed by atoms with Gasteiger partial charge in [0, 0.05) is 49.9 Å². The van der Waals surface area contributed by atoms with Gasteiger partial charge in [-0.25, -0.2) is 4.79 Å². The van der Waals surface area contributed by atoms with Gasteiger partial charge in [0.1, 0.15) is 6.61 Å². The summed E-state index contributed by atoms with van der Waals surface area (Å²) in [4.78, 5) is 20.5. The Morgan fingerprint density at radius 2 is 1.60 bits per heavy atom. The summed E-state index contributed by atoms with van der Waals surface area (Å²) in [6.07, 6.45) is -0.293. The first-order chi connectivity index (χ1) is 14.7. The molecule has 0 bridgehead atoms. The molecule has 0 unspecified atom stereocenters. The normalized spacial score (nSPS) is 17.6. The van der Waals surface area contributed by atoms with Crippen LogP contribution in [0.25, 0.3) is 0 Å². The van der Waals surface area contributed by atoms with Gasteiger partial charge in [0.2, 0.25) is 0 Å². The topological polar surface area (TPSA) is 56.3 Å². The molecule has 2 aromatic carbocycles. The van der Waals surface area contributed by atoms with Crippen molar-refractivity contribution in [3.05, 3.63) is 59.7 Å². The number of amides is 1. The molecule has 1 saturated heterocycles. The Morgan fingerprint density at radius 3 is 2.37 bits per heavy atom. The summed E-state index contributed by atoms with van der Waals surface area (Å²) in [6, 6.07) is 16.4. The van der Waals surface area contributed by atoms with E-state index in [-0.39, 0.29) is 12.7 Å². The third-order valence-electron chi connectivity index (χ3n) is 5.72. The summed E-state index contributed by atoms with van der Waals surface area (Å²) in [6.45, 7) is 6.34. The summed E-state index contributed by atoms with van der Waals surface area (Å²) in [5, 5.41) is 9.06. The van der Waals surface area contributed by atoms with Gasteiger partial charge in [0.25, 0.3) is 0 Å². The Balaban J connectivity index is 1.38. The number of carbonyl (C=O) groups excluding carboxylic acids is 1. The first kappa shape index (κ1) is 21.2. The fraction of sp³-hybridized carbons (Fsp3) is 0.435. The number of thioether (sulfide) groups is 1. The SMILES string of the molecule is O=C(OCCN1CCN(CCO)CC1)N1Cc2ccccc2CSc2ccccc21. The van der Waals surface area contributed by atoms with E-state index < -0.39 is 0 Å². The van der Waals surface area contributed by atoms with Crippen LogP contribution in [0.2, 0.25) is 0 Å². The Morgan fingerprint density at radius 1 is 0.933 bits per heavy atom. The van der Waals surface area contributed by atoms with E-state index in [1.165, 1.54) is 5.56 Å². The van der Waals surface area contributed by atoms with Crippen molar-refractivity contribution in [2.24, 2.45) is 0 Å². The fourth-order valence-electron chi connectivity index (χ4n) is 3.95. The molecule has 30 heavy (non-hydrogen) atoms. The molecule has 0 aromatic heterocycles. The lowest BCUT2D eigenvalue weighted by Crippen LogP contribution is -2.48. The molecule has 2 heterocycles. The number of fused-ring (bicyclic) bond motifs is 2. The number of benzene rings is 2. The van der Waals surface area contributed by atoms with E-state index in [4.69, 9.17) is 9.84 Å². The predicted molar refractivity (Wildman–Crippen MR) is 120 cm³/mol. The monoisotopic (exact) mass is 427 g/mol. The standard InChI is InChI=1S/C23H29N3O3S/c27-15-13-24-9-11-25(12-10-24)14-16-29-23(28)26-17-19-5-1-2-6-20(19)18-30-22-8-4-3-7-21(22)26/h1-8,27H,9-18H2. The van der Waals surface area contributed by atoms with E-state index in [0.29, 0.717) is 13.2 Å². The minimum absolute atomic E-state index is 0.205. The molecular weight excluding hydrogens is 398 g/mol. The van der Waals surface area contributed by atoms with Crippen molar-refractivity contribution in [2.75, 3.05) is 57.4 Å². The zero-order chi connectivity index (χ0) is 20.8. The van der Waals surface area contributed by atoms with Gasteiger partial charge in [-0.1, -0.05) is 36.4 Å². The van der Waals surface area contributed by atoms with Gasteiger partial charge in [-0.3, -0.25) is 14.7 Å². The van der Waals surface area contributed by atoms with Crippen LogP contribution in [0.3, 0.4) is 0 Å². The number of ether oxygens (including phenoxy) is 1. The molecular formula is C23H29N3O3S. The van der Waals surface area contributed by atoms with Gasteiger partial charge >= 0.3 is 6.09 Å². The van der Waals surface area contributed by atoms with Gasteiger partial charge in [0.15, 0.2) is 0 Å². The Hall–Kier alpha value is -2.06. The van der Waals surface area contributed by atoms with Crippen LogP contribution in [0.15, 0.2) is 53.4 Å². The molecule has 7 heteroatoms. The van der Waals surface area contributed by atoms with Gasteiger partial charge in [-0.15, -0.1) is 11.8 Å². The molecule has 2 aliphatic rings. The zero-order valence-corrected chi connectivity index (χ0v) is 18.0. The zero-order valence-electron chi connectivity index (χ0n) is 17.2. The Kier molecular flexibility index (Phi) is 7.28. The summed E-state index contributed by atoms with van der Waals surface area (Å²) >= 11 is 1.76. The quantitative estimate of drug-likeness (QED) is 0.792. The van der Waals surface area contributed by atoms with Crippen LogP contribution >= 0.6 is 11.8 Å². The van der Waals surface area contributed by atoms with Crippen molar-refractivity contribution in [3.8, 4) is 0 Å². The van der Waals surface area contributed by atoms with E-state index in [9.17, 15) is 4.79 Å². The fourth-order valence-corrected chi connectivity index (χ4v) is 5.04. The average Bonchev–Trinajstić information content (AvgIpc) is 2.77. The predicted octanol–water partition coefficient (Wildman–Crippen LogP) is 3.05. The van der Waals surface area contributed by atoms with Crippen molar-refractivity contribution in [2.45, 2.75) is 17.2 Å². The number of hydrogen-bond acceptors (Lipinski definition) is 6. The molecule has 2 aromatic rings. The van der Waals surface area contributed by atoms with E-state index >= 15 is 0 Å². The number of anilines is 1. The highest BCUT2D eigenvalue weighted by Gasteiger charge is 2.24. The smallest absolute Gasteiger partial charge is 0.414 e. The molecule has 4 rings (SSSR count). The highest BCUT2D eigenvalue weighted by molar-refractivity contribution is 7.98. The molecule has 6 nitrogen and oxygen atoms in total. The third-order valence-corrected chi connectivity index (χ3v) is 6.83. The van der Waals surface area contributed by atoms with Gasteiger partial charge < -0.3 is 9.84 Å². The maximum absolute atomic E-state index is 13.1. The number of rotatable bonds is 5. The van der Waals surface area contributed by atoms with Crippen molar-refractivity contribution in [3.63, 3.8) is 0 Å². The first-order valence-corrected chi connectivity index (χ1v) is 11.5. The molecule has 1 N–H and O–H groups in total. The maximum atomic E-state index is 13.1. The molecule has 2 aliphatic heterocycles. The van der Waals surface area contributed by atoms with Crippen LogP contribution < -0.4 is 4.90 Å². The maximum Gasteiger partial charge on any atom is 0.414 e. The van der Waals surface area contributed by atoms with Crippen molar-refractivity contribution in [1.29, 1.82) is 0 Å². The van der Waals surface area contributed by atoms with Crippen LogP contribution in [0.4, 0.5) is 10.5 Å². The number of aliphatic hydroxyl groups excluding tert-OH is 1. The lowest BCUT2D eigenvalue weighted by Gasteiger charge is -2.34. The number of carbonyl (C=O) groups is 1. The summed E-state index contributed by atoms with van der Waals surface area (Å²) in [5.74, 6) is 0.901. The van der Waals surface area contributed by atoms with Crippen molar-refractivity contribution >= 4 is 23.5 Å². The number of β-amino-alcohol motifs (C(OH)–C–C–N with tert-alkyl or cyclic N) is 1. The highest BCUT2D eigenvalue weighted by Crippen LogP contribution is 2.36. The van der Waals surface area contributed by atoms with E-state index in [1.807, 2.05) is 24.3 Å². The van der Waals surface area contributed by atoms with E-state index in [2.05, 4.69) is 34.1 Å². The summed E-state index contributed by atoms with van der Waals surface area (Å²) in [5.41, 5.74) is 3.34. The second-order valence-electron chi connectivity index (χ2n) is 7.63. The second kappa shape index (κ2) is 10.3. The average molecular weight is 428 g/mol. The molecule has 160 valence electrons.